The van der Waals surface area contributed by atoms with Crippen LogP contribution in [0.15, 0.2) is 139 Å². The molecule has 3 heteroatoms. The summed E-state index contributed by atoms with van der Waals surface area (Å²) >= 11 is 0. The Labute approximate surface area is 312 Å². The van der Waals surface area contributed by atoms with Crippen molar-refractivity contribution in [3.8, 4) is 33.8 Å². The number of fused-ring (bicyclic) bond motifs is 10. The third kappa shape index (κ3) is 4.28. The summed E-state index contributed by atoms with van der Waals surface area (Å²) in [5.74, 6) is 1.88. The van der Waals surface area contributed by atoms with Crippen molar-refractivity contribution >= 4 is 17.8 Å². The van der Waals surface area contributed by atoms with E-state index in [4.69, 9.17) is 9.97 Å². The molecular weight excluding hydrogens is 643 g/mol. The summed E-state index contributed by atoms with van der Waals surface area (Å²) < 4.78 is 0. The Hall–Kier alpha value is -5.54. The normalized spacial score (nSPS) is 24.3. The molecule has 4 aromatic carbocycles. The second kappa shape index (κ2) is 11.0. The molecule has 4 unspecified atom stereocenters. The SMILES string of the molecule is CC1(C)c2ccccc2-c2ccc(-c3nc(-c4ccc(N5C6=C(C=CC7c8ccccc8C(C)(C)C67)C6C=CC=CC65)cc4)nc4c3=CCCC=4)cc21. The molecule has 0 fully saturated rings. The molecule has 0 bridgehead atoms. The summed E-state index contributed by atoms with van der Waals surface area (Å²) in [4.78, 5) is 13.2. The van der Waals surface area contributed by atoms with Crippen LogP contribution in [0, 0.1) is 11.8 Å². The monoisotopic (exact) mass is 685 g/mol. The number of aromatic nitrogens is 2. The fourth-order valence-electron chi connectivity index (χ4n) is 10.8. The van der Waals surface area contributed by atoms with Gasteiger partial charge in [0.1, 0.15) is 0 Å². The van der Waals surface area contributed by atoms with Gasteiger partial charge in [0.15, 0.2) is 5.82 Å². The number of hydrogen-bond donors (Lipinski definition) is 0. The van der Waals surface area contributed by atoms with E-state index in [0.29, 0.717) is 17.8 Å². The van der Waals surface area contributed by atoms with Crippen molar-refractivity contribution in [1.82, 2.24) is 9.97 Å². The molecular formula is C50H43N3. The lowest BCUT2D eigenvalue weighted by atomic mass is 9.70. The van der Waals surface area contributed by atoms with Crippen molar-refractivity contribution in [2.24, 2.45) is 11.8 Å². The van der Waals surface area contributed by atoms with Gasteiger partial charge in [-0.3, -0.25) is 0 Å². The summed E-state index contributed by atoms with van der Waals surface area (Å²) in [6.07, 6.45) is 20.8. The van der Waals surface area contributed by atoms with Gasteiger partial charge in [-0.15, -0.1) is 0 Å². The Morgan fingerprint density at radius 1 is 0.660 bits per heavy atom. The number of hydrogen-bond acceptors (Lipinski definition) is 3. The quantitative estimate of drug-likeness (QED) is 0.189. The molecule has 53 heavy (non-hydrogen) atoms. The lowest BCUT2D eigenvalue weighted by Gasteiger charge is -2.40. The van der Waals surface area contributed by atoms with Gasteiger partial charge in [-0.1, -0.05) is 137 Å². The third-order valence-corrected chi connectivity index (χ3v) is 13.3. The van der Waals surface area contributed by atoms with Crippen LogP contribution in [-0.4, -0.2) is 16.0 Å². The molecule has 1 aromatic heterocycles. The highest BCUT2D eigenvalue weighted by Gasteiger charge is 2.54. The molecule has 11 rings (SSSR count). The number of benzene rings is 4. The molecule has 6 aliphatic rings. The van der Waals surface area contributed by atoms with Crippen molar-refractivity contribution in [1.29, 1.82) is 0 Å². The zero-order valence-electron chi connectivity index (χ0n) is 30.8. The lowest BCUT2D eigenvalue weighted by molar-refractivity contribution is 0.368. The van der Waals surface area contributed by atoms with Crippen molar-refractivity contribution in [3.63, 3.8) is 0 Å². The second-order valence-electron chi connectivity index (χ2n) is 16.8. The van der Waals surface area contributed by atoms with Crippen molar-refractivity contribution in [3.05, 3.63) is 172 Å². The number of anilines is 1. The van der Waals surface area contributed by atoms with E-state index in [1.54, 1.807) is 0 Å². The van der Waals surface area contributed by atoms with Crippen LogP contribution in [-0.2, 0) is 10.8 Å². The topological polar surface area (TPSA) is 29.0 Å². The van der Waals surface area contributed by atoms with Crippen LogP contribution in [0.1, 0.15) is 68.7 Å². The van der Waals surface area contributed by atoms with Gasteiger partial charge in [0.25, 0.3) is 0 Å². The molecule has 0 radical (unpaired) electrons. The summed E-state index contributed by atoms with van der Waals surface area (Å²) in [6, 6.07) is 34.3. The number of nitrogens with zero attached hydrogens (tertiary/aromatic N) is 3. The van der Waals surface area contributed by atoms with Gasteiger partial charge < -0.3 is 4.90 Å². The van der Waals surface area contributed by atoms with Gasteiger partial charge in [-0.05, 0) is 87.5 Å². The highest BCUT2D eigenvalue weighted by atomic mass is 15.2. The molecule has 0 amide bonds. The van der Waals surface area contributed by atoms with E-state index in [-0.39, 0.29) is 16.9 Å². The first kappa shape index (κ1) is 31.0. The first-order chi connectivity index (χ1) is 25.8. The van der Waals surface area contributed by atoms with Gasteiger partial charge >= 0.3 is 0 Å². The van der Waals surface area contributed by atoms with Crippen molar-refractivity contribution in [2.45, 2.75) is 63.3 Å². The zero-order chi connectivity index (χ0) is 35.6. The Bertz CT molecular complexity index is 2650. The average molecular weight is 686 g/mol. The molecule has 4 atom stereocenters. The number of rotatable bonds is 3. The van der Waals surface area contributed by atoms with Gasteiger partial charge in [0.05, 0.1) is 17.1 Å². The Morgan fingerprint density at radius 2 is 1.40 bits per heavy atom. The Morgan fingerprint density at radius 3 is 2.26 bits per heavy atom. The van der Waals surface area contributed by atoms with E-state index in [1.807, 2.05) is 0 Å². The first-order valence-corrected chi connectivity index (χ1v) is 19.4. The smallest absolute Gasteiger partial charge is 0.160 e. The number of allylic oxidation sites excluding steroid dienone is 5. The molecule has 258 valence electrons. The van der Waals surface area contributed by atoms with E-state index < -0.39 is 0 Å². The van der Waals surface area contributed by atoms with Crippen LogP contribution in [0.25, 0.3) is 45.9 Å². The van der Waals surface area contributed by atoms with E-state index in [0.717, 1.165) is 46.1 Å². The molecule has 2 heterocycles. The average Bonchev–Trinajstić information content (AvgIpc) is 3.74. The summed E-state index contributed by atoms with van der Waals surface area (Å²) in [5.41, 5.74) is 15.8. The molecule has 0 spiro atoms. The minimum atomic E-state index is -0.0681. The highest BCUT2D eigenvalue weighted by Crippen LogP contribution is 2.60. The molecule has 3 nitrogen and oxygen atoms in total. The minimum absolute atomic E-state index is 0.0160. The van der Waals surface area contributed by atoms with Crippen LogP contribution in [0.2, 0.25) is 0 Å². The standard InChI is InChI=1S/C50H43N3/c1-49(2)40-17-9-5-13-33(40)35-26-23-31(29-42(35)49)46-39-16-7-11-19-43(39)51-48(52-46)30-21-24-32(25-22-30)53-44-20-12-8-15-36(44)38-28-27-37-34-14-6-10-18-41(34)50(3,4)45(37)47(38)53/h5-6,8-10,12-29,36-37,44-45H,7,11H2,1-4H3. The fourth-order valence-corrected chi connectivity index (χ4v) is 10.8. The van der Waals surface area contributed by atoms with Crippen LogP contribution in [0.5, 0.6) is 0 Å². The summed E-state index contributed by atoms with van der Waals surface area (Å²) in [6.45, 7) is 9.60. The van der Waals surface area contributed by atoms with Crippen LogP contribution >= 0.6 is 0 Å². The highest BCUT2D eigenvalue weighted by molar-refractivity contribution is 5.83. The Kier molecular flexibility index (Phi) is 6.44. The lowest BCUT2D eigenvalue weighted by Crippen LogP contribution is -2.39. The van der Waals surface area contributed by atoms with Crippen LogP contribution in [0.3, 0.4) is 0 Å². The maximum absolute atomic E-state index is 5.38. The third-order valence-electron chi connectivity index (χ3n) is 13.3. The van der Waals surface area contributed by atoms with Crippen molar-refractivity contribution < 1.29 is 0 Å². The fraction of sp³-hybridized carbons (Fsp3) is 0.240. The van der Waals surface area contributed by atoms with Gasteiger partial charge in [0, 0.05) is 50.9 Å². The van der Waals surface area contributed by atoms with Gasteiger partial charge in [-0.2, -0.15) is 0 Å². The molecule has 0 saturated heterocycles. The van der Waals surface area contributed by atoms with Crippen molar-refractivity contribution in [2.75, 3.05) is 4.90 Å². The van der Waals surface area contributed by atoms with E-state index in [1.165, 1.54) is 50.3 Å². The first-order valence-electron chi connectivity index (χ1n) is 19.4. The van der Waals surface area contributed by atoms with E-state index >= 15 is 0 Å². The van der Waals surface area contributed by atoms with Gasteiger partial charge in [0.2, 0.25) is 0 Å². The van der Waals surface area contributed by atoms with Gasteiger partial charge in [-0.25, -0.2) is 9.97 Å². The molecule has 5 aromatic rings. The molecule has 0 saturated carbocycles. The Balaban J connectivity index is 1.00. The molecule has 5 aliphatic carbocycles. The summed E-state index contributed by atoms with van der Waals surface area (Å²) in [7, 11) is 0. The van der Waals surface area contributed by atoms with E-state index in [2.05, 4.69) is 172 Å². The predicted molar refractivity (Wildman–Crippen MR) is 218 cm³/mol. The minimum Gasteiger partial charge on any atom is -0.337 e. The summed E-state index contributed by atoms with van der Waals surface area (Å²) in [5, 5.41) is 2.20. The zero-order valence-corrected chi connectivity index (χ0v) is 30.8. The molecule has 1 aliphatic heterocycles. The van der Waals surface area contributed by atoms with Crippen LogP contribution in [0.4, 0.5) is 5.69 Å². The maximum atomic E-state index is 5.38. The van der Waals surface area contributed by atoms with E-state index in [9.17, 15) is 0 Å². The predicted octanol–water partition coefficient (Wildman–Crippen LogP) is 9.92. The van der Waals surface area contributed by atoms with Crippen LogP contribution < -0.4 is 15.5 Å². The largest absolute Gasteiger partial charge is 0.337 e. The molecule has 0 N–H and O–H groups in total. The second-order valence-corrected chi connectivity index (χ2v) is 16.8. The maximum Gasteiger partial charge on any atom is 0.160 e.